The number of halogens is 2. The van der Waals surface area contributed by atoms with Gasteiger partial charge in [-0.05, 0) is 47.0 Å². The summed E-state index contributed by atoms with van der Waals surface area (Å²) in [5.41, 5.74) is 1.09. The molecule has 0 spiro atoms. The van der Waals surface area contributed by atoms with Gasteiger partial charge in [-0.1, -0.05) is 25.4 Å². The Labute approximate surface area is 99.0 Å². The first-order valence-electron chi connectivity index (χ1n) is 4.72. The molecule has 14 heavy (non-hydrogen) atoms. The molecule has 0 aliphatic carbocycles. The van der Waals surface area contributed by atoms with Crippen molar-refractivity contribution in [3.8, 4) is 0 Å². The fraction of sp³-hybridized carbons (Fsp3) is 0.455. The van der Waals surface area contributed by atoms with Crippen molar-refractivity contribution in [1.29, 1.82) is 0 Å². The number of benzene rings is 1. The summed E-state index contributed by atoms with van der Waals surface area (Å²) in [5.74, 6) is 0.609. The third-order valence-electron chi connectivity index (χ3n) is 2.31. The zero-order valence-electron chi connectivity index (χ0n) is 8.64. The summed E-state index contributed by atoms with van der Waals surface area (Å²) in [7, 11) is 0. The van der Waals surface area contributed by atoms with Gasteiger partial charge in [0.05, 0.1) is 0 Å². The van der Waals surface area contributed by atoms with Gasteiger partial charge < -0.3 is 5.32 Å². The maximum atomic E-state index is 5.86. The Morgan fingerprint density at radius 1 is 1.29 bits per heavy atom. The number of rotatable bonds is 3. The summed E-state index contributed by atoms with van der Waals surface area (Å²) < 4.78 is 1.01. The van der Waals surface area contributed by atoms with E-state index in [4.69, 9.17) is 11.6 Å². The second-order valence-electron chi connectivity index (χ2n) is 3.80. The summed E-state index contributed by atoms with van der Waals surface area (Å²) in [5, 5.41) is 4.18. The molecule has 0 aliphatic heterocycles. The fourth-order valence-electron chi connectivity index (χ4n) is 1.02. The van der Waals surface area contributed by atoms with Crippen LogP contribution in [0.2, 0.25) is 5.02 Å². The highest BCUT2D eigenvalue weighted by atomic mass is 79.9. The summed E-state index contributed by atoms with van der Waals surface area (Å²) in [4.78, 5) is 0. The first kappa shape index (κ1) is 11.9. The highest BCUT2D eigenvalue weighted by Crippen LogP contribution is 2.27. The van der Waals surface area contributed by atoms with Gasteiger partial charge in [0.2, 0.25) is 0 Å². The number of hydrogen-bond donors (Lipinski definition) is 1. The minimum Gasteiger partial charge on any atom is -0.381 e. The monoisotopic (exact) mass is 275 g/mol. The van der Waals surface area contributed by atoms with Gasteiger partial charge in [0, 0.05) is 21.2 Å². The van der Waals surface area contributed by atoms with Gasteiger partial charge in [0.1, 0.15) is 0 Å². The van der Waals surface area contributed by atoms with Gasteiger partial charge >= 0.3 is 0 Å². The van der Waals surface area contributed by atoms with Gasteiger partial charge in [0.25, 0.3) is 0 Å². The topological polar surface area (TPSA) is 12.0 Å². The quantitative estimate of drug-likeness (QED) is 0.853. The van der Waals surface area contributed by atoms with E-state index in [1.165, 1.54) is 0 Å². The van der Waals surface area contributed by atoms with Crippen LogP contribution in [0.25, 0.3) is 0 Å². The van der Waals surface area contributed by atoms with Crippen molar-refractivity contribution in [2.24, 2.45) is 5.92 Å². The standard InChI is InChI=1S/C11H15BrClN/c1-7(2)8(3)14-11-5-4-9(13)6-10(11)12/h4-8,14H,1-3H3. The fourth-order valence-corrected chi connectivity index (χ4v) is 1.82. The summed E-state index contributed by atoms with van der Waals surface area (Å²) in [6.07, 6.45) is 0. The number of anilines is 1. The van der Waals surface area contributed by atoms with Crippen molar-refractivity contribution < 1.29 is 0 Å². The molecule has 0 bridgehead atoms. The van der Waals surface area contributed by atoms with Crippen LogP contribution < -0.4 is 5.32 Å². The number of nitrogens with one attached hydrogen (secondary N) is 1. The Morgan fingerprint density at radius 3 is 2.43 bits per heavy atom. The molecule has 78 valence electrons. The summed E-state index contributed by atoms with van der Waals surface area (Å²) >= 11 is 9.34. The molecule has 1 N–H and O–H groups in total. The molecule has 0 radical (unpaired) electrons. The minimum atomic E-state index is 0.451. The molecule has 1 unspecified atom stereocenters. The second-order valence-corrected chi connectivity index (χ2v) is 5.09. The molecule has 0 amide bonds. The van der Waals surface area contributed by atoms with Crippen LogP contribution in [0.1, 0.15) is 20.8 Å². The third-order valence-corrected chi connectivity index (χ3v) is 3.21. The van der Waals surface area contributed by atoms with E-state index in [-0.39, 0.29) is 0 Å². The van der Waals surface area contributed by atoms with Crippen LogP contribution in [0, 0.1) is 5.92 Å². The Hall–Kier alpha value is -0.210. The molecular weight excluding hydrogens is 261 g/mol. The molecule has 1 aromatic rings. The van der Waals surface area contributed by atoms with Crippen LogP contribution in [0.5, 0.6) is 0 Å². The molecule has 1 aromatic carbocycles. The van der Waals surface area contributed by atoms with E-state index in [0.717, 1.165) is 15.2 Å². The molecular formula is C11H15BrClN. The molecule has 1 rings (SSSR count). The Balaban J connectivity index is 2.77. The molecule has 0 saturated carbocycles. The molecule has 3 heteroatoms. The maximum Gasteiger partial charge on any atom is 0.0487 e. The highest BCUT2D eigenvalue weighted by Gasteiger charge is 2.08. The molecule has 0 fully saturated rings. The normalized spacial score (nSPS) is 13.0. The maximum absolute atomic E-state index is 5.86. The van der Waals surface area contributed by atoms with Gasteiger partial charge in [-0.25, -0.2) is 0 Å². The second kappa shape index (κ2) is 5.04. The van der Waals surface area contributed by atoms with Gasteiger partial charge in [-0.15, -0.1) is 0 Å². The molecule has 1 atom stereocenters. The lowest BCUT2D eigenvalue weighted by molar-refractivity contribution is 0.560. The van der Waals surface area contributed by atoms with Crippen LogP contribution in [-0.4, -0.2) is 6.04 Å². The predicted octanol–water partition coefficient (Wildman–Crippen LogP) is 4.56. The van der Waals surface area contributed by atoms with Crippen LogP contribution in [0.15, 0.2) is 22.7 Å². The highest BCUT2D eigenvalue weighted by molar-refractivity contribution is 9.10. The van der Waals surface area contributed by atoms with E-state index in [1.807, 2.05) is 18.2 Å². The average molecular weight is 277 g/mol. The first-order chi connectivity index (χ1) is 6.50. The van der Waals surface area contributed by atoms with Crippen LogP contribution >= 0.6 is 27.5 Å². The van der Waals surface area contributed by atoms with E-state index in [0.29, 0.717) is 12.0 Å². The van der Waals surface area contributed by atoms with Crippen molar-refractivity contribution in [3.05, 3.63) is 27.7 Å². The lowest BCUT2D eigenvalue weighted by atomic mass is 10.1. The SMILES string of the molecule is CC(C)C(C)Nc1ccc(Cl)cc1Br. The zero-order chi connectivity index (χ0) is 10.7. The Kier molecular flexibility index (Phi) is 4.27. The third kappa shape index (κ3) is 3.18. The van der Waals surface area contributed by atoms with E-state index in [2.05, 4.69) is 42.0 Å². The largest absolute Gasteiger partial charge is 0.381 e. The zero-order valence-corrected chi connectivity index (χ0v) is 11.0. The smallest absolute Gasteiger partial charge is 0.0487 e. The van der Waals surface area contributed by atoms with Gasteiger partial charge in [-0.3, -0.25) is 0 Å². The van der Waals surface area contributed by atoms with Crippen molar-refractivity contribution >= 4 is 33.2 Å². The van der Waals surface area contributed by atoms with E-state index < -0.39 is 0 Å². The first-order valence-corrected chi connectivity index (χ1v) is 5.89. The molecule has 0 saturated heterocycles. The van der Waals surface area contributed by atoms with Crippen molar-refractivity contribution in [3.63, 3.8) is 0 Å². The lowest BCUT2D eigenvalue weighted by Gasteiger charge is -2.19. The van der Waals surface area contributed by atoms with Crippen LogP contribution in [0.4, 0.5) is 5.69 Å². The minimum absolute atomic E-state index is 0.451. The number of hydrogen-bond acceptors (Lipinski definition) is 1. The Bertz CT molecular complexity index is 312. The average Bonchev–Trinajstić information content (AvgIpc) is 2.09. The molecule has 1 nitrogen and oxygen atoms in total. The van der Waals surface area contributed by atoms with Crippen molar-refractivity contribution in [2.45, 2.75) is 26.8 Å². The van der Waals surface area contributed by atoms with E-state index in [9.17, 15) is 0 Å². The van der Waals surface area contributed by atoms with Gasteiger partial charge in [0.15, 0.2) is 0 Å². The van der Waals surface area contributed by atoms with Crippen LogP contribution in [-0.2, 0) is 0 Å². The lowest BCUT2D eigenvalue weighted by Crippen LogP contribution is -2.21. The molecule has 0 aliphatic rings. The van der Waals surface area contributed by atoms with E-state index >= 15 is 0 Å². The van der Waals surface area contributed by atoms with Crippen LogP contribution in [0.3, 0.4) is 0 Å². The Morgan fingerprint density at radius 2 is 1.93 bits per heavy atom. The molecule has 0 aromatic heterocycles. The van der Waals surface area contributed by atoms with Crippen molar-refractivity contribution in [1.82, 2.24) is 0 Å². The molecule has 0 heterocycles. The predicted molar refractivity (Wildman–Crippen MR) is 67.1 cm³/mol. The van der Waals surface area contributed by atoms with E-state index in [1.54, 1.807) is 0 Å². The van der Waals surface area contributed by atoms with Gasteiger partial charge in [-0.2, -0.15) is 0 Å². The summed E-state index contributed by atoms with van der Waals surface area (Å²) in [6.45, 7) is 6.56. The van der Waals surface area contributed by atoms with Crippen molar-refractivity contribution in [2.75, 3.05) is 5.32 Å². The summed E-state index contributed by atoms with van der Waals surface area (Å²) in [6, 6.07) is 6.23.